The Kier molecular flexibility index (Phi) is 5.28. The Morgan fingerprint density at radius 1 is 1.43 bits per heavy atom. The van der Waals surface area contributed by atoms with Crippen molar-refractivity contribution in [1.82, 2.24) is 10.6 Å². The number of halogens is 3. The fourth-order valence-electron chi connectivity index (χ4n) is 2.53. The number of amides is 2. The van der Waals surface area contributed by atoms with Crippen molar-refractivity contribution in [2.75, 3.05) is 6.54 Å². The molecule has 0 spiro atoms. The number of carbonyl (C=O) groups is 2. The van der Waals surface area contributed by atoms with Crippen LogP contribution in [0, 0.1) is 0 Å². The molecule has 2 amide bonds. The molecule has 0 unspecified atom stereocenters. The summed E-state index contributed by atoms with van der Waals surface area (Å²) in [5, 5.41) is 5.29. The van der Waals surface area contributed by atoms with E-state index in [4.69, 9.17) is 0 Å². The standard InChI is InChI=1S/C16H19F3N2O2/c1-10(11-3-2-4-12(9-11)16(17,18)19)7-8-20-15(23)13-5-6-14(22)21-13/h2-4,9-10,13H,5-8H2,1H3,(H,20,23)(H,21,22)/t10-,13-/m1/s1. The minimum atomic E-state index is -4.36. The lowest BCUT2D eigenvalue weighted by Gasteiger charge is -2.16. The number of nitrogens with one attached hydrogen (secondary N) is 2. The summed E-state index contributed by atoms with van der Waals surface area (Å²) in [6, 6.07) is 4.73. The predicted molar refractivity (Wildman–Crippen MR) is 78.7 cm³/mol. The van der Waals surface area contributed by atoms with Gasteiger partial charge in [-0.05, 0) is 30.4 Å². The quantitative estimate of drug-likeness (QED) is 0.873. The largest absolute Gasteiger partial charge is 0.416 e. The highest BCUT2D eigenvalue weighted by atomic mass is 19.4. The number of alkyl halides is 3. The summed E-state index contributed by atoms with van der Waals surface area (Å²) in [7, 11) is 0. The number of rotatable bonds is 5. The predicted octanol–water partition coefficient (Wildman–Crippen LogP) is 2.59. The van der Waals surface area contributed by atoms with E-state index in [0.717, 1.165) is 12.1 Å². The first-order chi connectivity index (χ1) is 10.8. The summed E-state index contributed by atoms with van der Waals surface area (Å²) in [6.07, 6.45) is -3.01. The molecule has 1 aliphatic heterocycles. The van der Waals surface area contributed by atoms with Crippen molar-refractivity contribution in [3.8, 4) is 0 Å². The second-order valence-electron chi connectivity index (χ2n) is 5.76. The Bertz CT molecular complexity index is 587. The van der Waals surface area contributed by atoms with E-state index >= 15 is 0 Å². The normalized spacial score (nSPS) is 19.3. The van der Waals surface area contributed by atoms with Gasteiger partial charge in [-0.1, -0.05) is 25.1 Å². The molecule has 1 aromatic rings. The summed E-state index contributed by atoms with van der Waals surface area (Å²) in [4.78, 5) is 22.9. The summed E-state index contributed by atoms with van der Waals surface area (Å²) in [5.74, 6) is -0.495. The summed E-state index contributed by atoms with van der Waals surface area (Å²) in [6.45, 7) is 2.17. The maximum atomic E-state index is 12.7. The van der Waals surface area contributed by atoms with Crippen molar-refractivity contribution in [3.05, 3.63) is 35.4 Å². The molecule has 2 rings (SSSR count). The van der Waals surface area contributed by atoms with Crippen molar-refractivity contribution in [3.63, 3.8) is 0 Å². The van der Waals surface area contributed by atoms with Gasteiger partial charge in [0.15, 0.2) is 0 Å². The highest BCUT2D eigenvalue weighted by Gasteiger charge is 2.30. The van der Waals surface area contributed by atoms with Crippen LogP contribution < -0.4 is 10.6 Å². The molecule has 7 heteroatoms. The average Bonchev–Trinajstić information content (AvgIpc) is 2.93. The van der Waals surface area contributed by atoms with Gasteiger partial charge in [0.25, 0.3) is 0 Å². The highest BCUT2D eigenvalue weighted by molar-refractivity contribution is 5.90. The van der Waals surface area contributed by atoms with Crippen molar-refractivity contribution in [2.24, 2.45) is 0 Å². The molecule has 1 saturated heterocycles. The van der Waals surface area contributed by atoms with Crippen LogP contribution in [-0.4, -0.2) is 24.4 Å². The van der Waals surface area contributed by atoms with Gasteiger partial charge >= 0.3 is 6.18 Å². The van der Waals surface area contributed by atoms with E-state index in [1.165, 1.54) is 6.07 Å². The van der Waals surface area contributed by atoms with Crippen LogP contribution in [0.2, 0.25) is 0 Å². The second-order valence-corrected chi connectivity index (χ2v) is 5.76. The van der Waals surface area contributed by atoms with Crippen molar-refractivity contribution in [1.29, 1.82) is 0 Å². The third-order valence-electron chi connectivity index (χ3n) is 3.97. The lowest BCUT2D eigenvalue weighted by Crippen LogP contribution is -2.42. The maximum Gasteiger partial charge on any atom is 0.416 e. The van der Waals surface area contributed by atoms with Crippen LogP contribution in [0.4, 0.5) is 13.2 Å². The molecule has 4 nitrogen and oxygen atoms in total. The molecular formula is C16H19F3N2O2. The average molecular weight is 328 g/mol. The number of carbonyl (C=O) groups excluding carboxylic acids is 2. The minimum absolute atomic E-state index is 0.115. The van der Waals surface area contributed by atoms with Crippen LogP contribution >= 0.6 is 0 Å². The molecule has 0 bridgehead atoms. The molecule has 23 heavy (non-hydrogen) atoms. The molecule has 1 aromatic carbocycles. The van der Waals surface area contributed by atoms with Gasteiger partial charge in [-0.2, -0.15) is 13.2 Å². The van der Waals surface area contributed by atoms with E-state index in [1.807, 2.05) is 6.92 Å². The van der Waals surface area contributed by atoms with Crippen LogP contribution in [0.25, 0.3) is 0 Å². The van der Waals surface area contributed by atoms with Gasteiger partial charge < -0.3 is 10.6 Å². The summed E-state index contributed by atoms with van der Waals surface area (Å²) >= 11 is 0. The summed E-state index contributed by atoms with van der Waals surface area (Å²) < 4.78 is 38.1. The SMILES string of the molecule is C[C@H](CCNC(=O)[C@H]1CCC(=O)N1)c1cccc(C(F)(F)F)c1. The van der Waals surface area contributed by atoms with Gasteiger partial charge in [0.05, 0.1) is 5.56 Å². The molecule has 0 saturated carbocycles. The molecule has 1 fully saturated rings. The Morgan fingerprint density at radius 3 is 2.78 bits per heavy atom. The zero-order chi connectivity index (χ0) is 17.0. The zero-order valence-electron chi connectivity index (χ0n) is 12.7. The van der Waals surface area contributed by atoms with E-state index in [9.17, 15) is 22.8 Å². The first-order valence-electron chi connectivity index (χ1n) is 7.51. The molecule has 2 N–H and O–H groups in total. The van der Waals surface area contributed by atoms with E-state index in [0.29, 0.717) is 31.4 Å². The van der Waals surface area contributed by atoms with E-state index in [1.54, 1.807) is 6.07 Å². The van der Waals surface area contributed by atoms with Gasteiger partial charge in [0.1, 0.15) is 6.04 Å². The van der Waals surface area contributed by atoms with E-state index in [-0.39, 0.29) is 17.7 Å². The topological polar surface area (TPSA) is 58.2 Å². The molecule has 1 aliphatic rings. The van der Waals surface area contributed by atoms with Crippen LogP contribution in [0.5, 0.6) is 0 Å². The Balaban J connectivity index is 1.84. The number of hydrogen-bond acceptors (Lipinski definition) is 2. The highest BCUT2D eigenvalue weighted by Crippen LogP contribution is 2.31. The Morgan fingerprint density at radius 2 is 2.17 bits per heavy atom. The minimum Gasteiger partial charge on any atom is -0.354 e. The van der Waals surface area contributed by atoms with Crippen LogP contribution in [0.3, 0.4) is 0 Å². The summed E-state index contributed by atoms with van der Waals surface area (Å²) in [5.41, 5.74) is -0.0807. The van der Waals surface area contributed by atoms with Crippen molar-refractivity contribution in [2.45, 2.75) is 44.3 Å². The third-order valence-corrected chi connectivity index (χ3v) is 3.97. The fraction of sp³-hybridized carbons (Fsp3) is 0.500. The van der Waals surface area contributed by atoms with E-state index in [2.05, 4.69) is 10.6 Å². The van der Waals surface area contributed by atoms with Gasteiger partial charge in [-0.15, -0.1) is 0 Å². The monoisotopic (exact) mass is 328 g/mol. The van der Waals surface area contributed by atoms with Gasteiger partial charge in [0, 0.05) is 13.0 Å². The molecule has 0 aliphatic carbocycles. The van der Waals surface area contributed by atoms with Crippen LogP contribution in [-0.2, 0) is 15.8 Å². The van der Waals surface area contributed by atoms with Crippen LogP contribution in [0.15, 0.2) is 24.3 Å². The Hall–Kier alpha value is -2.05. The van der Waals surface area contributed by atoms with Crippen LogP contribution in [0.1, 0.15) is 43.2 Å². The molecule has 1 heterocycles. The van der Waals surface area contributed by atoms with Gasteiger partial charge in [-0.25, -0.2) is 0 Å². The van der Waals surface area contributed by atoms with E-state index < -0.39 is 17.8 Å². The van der Waals surface area contributed by atoms with Gasteiger partial charge in [-0.3, -0.25) is 9.59 Å². The fourth-order valence-corrected chi connectivity index (χ4v) is 2.53. The lowest BCUT2D eigenvalue weighted by molar-refractivity contribution is -0.137. The number of hydrogen-bond donors (Lipinski definition) is 2. The first-order valence-corrected chi connectivity index (χ1v) is 7.51. The lowest BCUT2D eigenvalue weighted by atomic mass is 9.96. The maximum absolute atomic E-state index is 12.7. The zero-order valence-corrected chi connectivity index (χ0v) is 12.7. The third kappa shape index (κ3) is 4.71. The van der Waals surface area contributed by atoms with Crippen molar-refractivity contribution >= 4 is 11.8 Å². The molecule has 0 aromatic heterocycles. The first kappa shape index (κ1) is 17.3. The van der Waals surface area contributed by atoms with Gasteiger partial charge in [0.2, 0.25) is 11.8 Å². The molecular weight excluding hydrogens is 309 g/mol. The Labute approximate surface area is 132 Å². The smallest absolute Gasteiger partial charge is 0.354 e. The second kappa shape index (κ2) is 7.02. The molecule has 126 valence electrons. The number of benzene rings is 1. The van der Waals surface area contributed by atoms with Crippen molar-refractivity contribution < 1.29 is 22.8 Å². The molecule has 2 atom stereocenters. The molecule has 0 radical (unpaired) electrons.